The van der Waals surface area contributed by atoms with Crippen LogP contribution in [0.15, 0.2) is 23.1 Å². The first kappa shape index (κ1) is 16.3. The highest BCUT2D eigenvalue weighted by molar-refractivity contribution is 5.92. The molecule has 6 nitrogen and oxygen atoms in total. The molecule has 3 atom stereocenters. The molecule has 1 saturated heterocycles. The van der Waals surface area contributed by atoms with E-state index in [1.807, 2.05) is 4.90 Å². The number of nitrogens with zero attached hydrogens (tertiary/aromatic N) is 1. The lowest BCUT2D eigenvalue weighted by Crippen LogP contribution is -2.37. The molecule has 3 aliphatic rings. The summed E-state index contributed by atoms with van der Waals surface area (Å²) in [5.74, 6) is 1.41. The van der Waals surface area contributed by atoms with Gasteiger partial charge >= 0.3 is 0 Å². The zero-order valence-electron chi connectivity index (χ0n) is 13.9. The Morgan fingerprint density at radius 2 is 2.00 bits per heavy atom. The summed E-state index contributed by atoms with van der Waals surface area (Å²) in [6.45, 7) is 2.06. The maximum absolute atomic E-state index is 12.8. The molecule has 2 amide bonds. The standard InChI is InChI=1S/C18H22FN3O3/c19-11-3-10(4-11)5-17(24)22-8-14-13(15(14)9-22)7-21-18(25)16-6-12(23)1-2-20-16/h1-2,6,10-11,13-15H,3-5,7-9H2,(H,20,23)(H,21,25)/t10?,11?,13?,14-,15+. The Bertz CT molecular complexity index is 731. The van der Waals surface area contributed by atoms with Crippen LogP contribution >= 0.6 is 0 Å². The molecule has 4 rings (SSSR count). The Balaban J connectivity index is 1.20. The first-order valence-electron chi connectivity index (χ1n) is 8.90. The lowest BCUT2D eigenvalue weighted by molar-refractivity contribution is -0.133. The van der Waals surface area contributed by atoms with E-state index in [0.717, 1.165) is 13.1 Å². The summed E-state index contributed by atoms with van der Waals surface area (Å²) >= 11 is 0. The lowest BCUT2D eigenvalue weighted by Gasteiger charge is -2.31. The summed E-state index contributed by atoms with van der Waals surface area (Å²) in [5.41, 5.74) is 0.0636. The third-order valence-corrected chi connectivity index (χ3v) is 5.88. The number of aromatic amines is 1. The maximum atomic E-state index is 12.8. The number of nitrogens with one attached hydrogen (secondary N) is 2. The van der Waals surface area contributed by atoms with E-state index in [4.69, 9.17) is 0 Å². The van der Waals surface area contributed by atoms with Crippen LogP contribution in [0.25, 0.3) is 0 Å². The molecule has 1 unspecified atom stereocenters. The van der Waals surface area contributed by atoms with Gasteiger partial charge < -0.3 is 15.2 Å². The van der Waals surface area contributed by atoms with Crippen molar-refractivity contribution in [3.63, 3.8) is 0 Å². The van der Waals surface area contributed by atoms with Gasteiger partial charge in [-0.15, -0.1) is 0 Å². The summed E-state index contributed by atoms with van der Waals surface area (Å²) in [6.07, 6.45) is 2.28. The molecule has 2 N–H and O–H groups in total. The van der Waals surface area contributed by atoms with Gasteiger partial charge in [0.1, 0.15) is 11.9 Å². The summed E-state index contributed by atoms with van der Waals surface area (Å²) in [4.78, 5) is 40.2. The molecule has 0 bridgehead atoms. The number of H-pyrrole nitrogens is 1. The van der Waals surface area contributed by atoms with E-state index in [1.165, 1.54) is 18.3 Å². The van der Waals surface area contributed by atoms with Crippen molar-refractivity contribution in [2.24, 2.45) is 23.7 Å². The highest BCUT2D eigenvalue weighted by Gasteiger charge is 2.56. The minimum absolute atomic E-state index is 0.147. The number of halogens is 1. The minimum atomic E-state index is -0.711. The van der Waals surface area contributed by atoms with Crippen LogP contribution < -0.4 is 10.7 Å². The van der Waals surface area contributed by atoms with Gasteiger partial charge in [-0.1, -0.05) is 0 Å². The van der Waals surface area contributed by atoms with Gasteiger partial charge in [0.25, 0.3) is 5.91 Å². The highest BCUT2D eigenvalue weighted by atomic mass is 19.1. The van der Waals surface area contributed by atoms with Gasteiger partial charge in [0.15, 0.2) is 5.43 Å². The molecule has 134 valence electrons. The smallest absolute Gasteiger partial charge is 0.267 e. The SMILES string of the molecule is O=C(NCC1[C@H]2CN(C(=O)CC3CC(F)C3)C[C@@H]12)c1cc(=O)cc[nH]1. The number of carbonyl (C=O) groups is 2. The topological polar surface area (TPSA) is 82.3 Å². The van der Waals surface area contributed by atoms with E-state index < -0.39 is 6.17 Å². The van der Waals surface area contributed by atoms with E-state index >= 15 is 0 Å². The normalized spacial score (nSPS) is 32.7. The first-order chi connectivity index (χ1) is 12.0. The van der Waals surface area contributed by atoms with Crippen molar-refractivity contribution in [2.45, 2.75) is 25.4 Å². The number of likely N-dealkylation sites (tertiary alicyclic amines) is 1. The molecule has 1 aromatic rings. The molecule has 2 aliphatic carbocycles. The van der Waals surface area contributed by atoms with Gasteiger partial charge in [0.2, 0.25) is 5.91 Å². The summed E-state index contributed by atoms with van der Waals surface area (Å²) < 4.78 is 12.8. The van der Waals surface area contributed by atoms with Gasteiger partial charge in [-0.25, -0.2) is 4.39 Å². The molecule has 3 fully saturated rings. The van der Waals surface area contributed by atoms with Crippen molar-refractivity contribution in [1.29, 1.82) is 0 Å². The lowest BCUT2D eigenvalue weighted by atomic mass is 9.81. The summed E-state index contributed by atoms with van der Waals surface area (Å²) in [7, 11) is 0. The van der Waals surface area contributed by atoms with Crippen LogP contribution in [0.2, 0.25) is 0 Å². The number of amides is 2. The number of carbonyl (C=O) groups excluding carboxylic acids is 2. The van der Waals surface area contributed by atoms with Gasteiger partial charge in [0, 0.05) is 44.4 Å². The summed E-state index contributed by atoms with van der Waals surface area (Å²) in [6, 6.07) is 2.65. The van der Waals surface area contributed by atoms with Crippen molar-refractivity contribution in [3.05, 3.63) is 34.2 Å². The van der Waals surface area contributed by atoms with Crippen LogP contribution in [0.5, 0.6) is 0 Å². The predicted octanol–water partition coefficient (Wildman–Crippen LogP) is 0.947. The average Bonchev–Trinajstić information content (AvgIpc) is 3.00. The van der Waals surface area contributed by atoms with Crippen LogP contribution in [0.3, 0.4) is 0 Å². The van der Waals surface area contributed by atoms with Crippen molar-refractivity contribution in [1.82, 2.24) is 15.2 Å². The second-order valence-corrected chi connectivity index (χ2v) is 7.58. The zero-order valence-corrected chi connectivity index (χ0v) is 13.9. The Morgan fingerprint density at radius 3 is 2.64 bits per heavy atom. The molecule has 0 spiro atoms. The van der Waals surface area contributed by atoms with Crippen LogP contribution in [-0.2, 0) is 4.79 Å². The summed E-state index contributed by atoms with van der Waals surface area (Å²) in [5, 5.41) is 2.86. The van der Waals surface area contributed by atoms with Crippen molar-refractivity contribution in [3.8, 4) is 0 Å². The quantitative estimate of drug-likeness (QED) is 0.832. The van der Waals surface area contributed by atoms with E-state index in [9.17, 15) is 18.8 Å². The zero-order chi connectivity index (χ0) is 17.6. The molecule has 25 heavy (non-hydrogen) atoms. The number of hydrogen-bond acceptors (Lipinski definition) is 3. The number of pyridine rings is 1. The molecule has 0 aromatic carbocycles. The number of hydrogen-bond donors (Lipinski definition) is 2. The fourth-order valence-electron chi connectivity index (χ4n) is 4.24. The highest BCUT2D eigenvalue weighted by Crippen LogP contribution is 2.51. The third kappa shape index (κ3) is 3.32. The van der Waals surface area contributed by atoms with E-state index in [1.54, 1.807) is 0 Å². The van der Waals surface area contributed by atoms with E-state index in [2.05, 4.69) is 10.3 Å². The average molecular weight is 347 g/mol. The second kappa shape index (κ2) is 6.28. The fourth-order valence-corrected chi connectivity index (χ4v) is 4.24. The Morgan fingerprint density at radius 1 is 1.28 bits per heavy atom. The number of fused-ring (bicyclic) bond motifs is 1. The third-order valence-electron chi connectivity index (χ3n) is 5.88. The van der Waals surface area contributed by atoms with Gasteiger partial charge in [-0.2, -0.15) is 0 Å². The Labute approximate surface area is 144 Å². The maximum Gasteiger partial charge on any atom is 0.267 e. The molecular weight excluding hydrogens is 325 g/mol. The van der Waals surface area contributed by atoms with Crippen LogP contribution in [0, 0.1) is 23.7 Å². The molecule has 2 saturated carbocycles. The first-order valence-corrected chi connectivity index (χ1v) is 8.90. The number of rotatable bonds is 5. The van der Waals surface area contributed by atoms with Gasteiger partial charge in [-0.3, -0.25) is 14.4 Å². The molecule has 0 radical (unpaired) electrons. The largest absolute Gasteiger partial charge is 0.357 e. The molecular formula is C18H22FN3O3. The van der Waals surface area contributed by atoms with Crippen LogP contribution in [0.4, 0.5) is 4.39 Å². The number of piperidine rings is 1. The van der Waals surface area contributed by atoms with Gasteiger partial charge in [-0.05, 0) is 36.5 Å². The van der Waals surface area contributed by atoms with E-state index in [0.29, 0.717) is 43.6 Å². The molecule has 1 aliphatic heterocycles. The van der Waals surface area contributed by atoms with Crippen LogP contribution in [-0.4, -0.2) is 47.5 Å². The minimum Gasteiger partial charge on any atom is -0.357 e. The van der Waals surface area contributed by atoms with E-state index in [-0.39, 0.29) is 28.9 Å². The predicted molar refractivity (Wildman–Crippen MR) is 88.7 cm³/mol. The van der Waals surface area contributed by atoms with Crippen molar-refractivity contribution < 1.29 is 14.0 Å². The number of alkyl halides is 1. The van der Waals surface area contributed by atoms with Crippen LogP contribution in [0.1, 0.15) is 29.8 Å². The fraction of sp³-hybridized carbons (Fsp3) is 0.611. The van der Waals surface area contributed by atoms with Crippen molar-refractivity contribution in [2.75, 3.05) is 19.6 Å². The Kier molecular flexibility index (Phi) is 4.09. The van der Waals surface area contributed by atoms with Crippen molar-refractivity contribution >= 4 is 11.8 Å². The van der Waals surface area contributed by atoms with Gasteiger partial charge in [0.05, 0.1) is 0 Å². The molecule has 1 aromatic heterocycles. The monoisotopic (exact) mass is 347 g/mol. The number of aromatic nitrogens is 1. The Hall–Kier alpha value is -2.18. The molecule has 7 heteroatoms. The second-order valence-electron chi connectivity index (χ2n) is 7.58. The molecule has 2 heterocycles.